The largest absolute Gasteiger partial charge is 0.491 e. The molecule has 7 heteroatoms. The molecule has 33 heavy (non-hydrogen) atoms. The molecule has 2 amide bonds. The minimum Gasteiger partial charge on any atom is -0.491 e. The van der Waals surface area contributed by atoms with E-state index < -0.39 is 0 Å². The normalized spacial score (nSPS) is 27.6. The van der Waals surface area contributed by atoms with Crippen molar-refractivity contribution in [1.82, 2.24) is 4.90 Å². The van der Waals surface area contributed by atoms with Crippen molar-refractivity contribution in [2.75, 3.05) is 51.4 Å². The molecule has 4 aliphatic heterocycles. The Balaban J connectivity index is 1.26. The first kappa shape index (κ1) is 22.7. The molecule has 3 fully saturated rings. The third-order valence-corrected chi connectivity index (χ3v) is 7.94. The van der Waals surface area contributed by atoms with Gasteiger partial charge in [-0.15, -0.1) is 0 Å². The highest BCUT2D eigenvalue weighted by Gasteiger charge is 2.36. The van der Waals surface area contributed by atoms with E-state index in [-0.39, 0.29) is 29.6 Å². The van der Waals surface area contributed by atoms with Gasteiger partial charge in [0, 0.05) is 51.9 Å². The van der Waals surface area contributed by atoms with Crippen molar-refractivity contribution in [3.05, 3.63) is 23.8 Å². The van der Waals surface area contributed by atoms with Gasteiger partial charge in [0.2, 0.25) is 11.8 Å². The number of rotatable bonds is 2. The van der Waals surface area contributed by atoms with Gasteiger partial charge in [-0.25, -0.2) is 0 Å². The molecule has 0 spiro atoms. The standard InChI is InChI=1S/C26H36N2O5/c29-25-16-21-3-9-28(26(30)19-6-12-32-13-7-19)17-22(21)8-14-33-24-2-1-20(15-23(24)27-25)18-4-10-31-11-5-18/h1-2,15,18-19,21-22H,3-14,16-17H2,(H,27,29)/t21-,22-/m0/s1. The van der Waals surface area contributed by atoms with Crippen LogP contribution in [0, 0.1) is 17.8 Å². The molecule has 4 aliphatic rings. The van der Waals surface area contributed by atoms with Crippen LogP contribution in [0.4, 0.5) is 5.69 Å². The minimum atomic E-state index is 0.0464. The summed E-state index contributed by atoms with van der Waals surface area (Å²) in [5.41, 5.74) is 2.03. The van der Waals surface area contributed by atoms with Gasteiger partial charge in [0.05, 0.1) is 12.3 Å². The zero-order valence-electron chi connectivity index (χ0n) is 19.4. The molecule has 0 bridgehead atoms. The van der Waals surface area contributed by atoms with Crippen LogP contribution >= 0.6 is 0 Å². The number of benzene rings is 1. The predicted octanol–water partition coefficient (Wildman–Crippen LogP) is 3.58. The highest BCUT2D eigenvalue weighted by atomic mass is 16.5. The SMILES string of the molecule is O=C1C[C@@H]2CCN(C(=O)C3CCOCC3)C[C@@H]2CCOc2ccc(C3CCOCC3)cc2N1. The number of piperidine rings is 1. The van der Waals surface area contributed by atoms with Crippen molar-refractivity contribution in [1.29, 1.82) is 0 Å². The molecular weight excluding hydrogens is 420 g/mol. The smallest absolute Gasteiger partial charge is 0.225 e. The lowest BCUT2D eigenvalue weighted by Crippen LogP contribution is -2.48. The average Bonchev–Trinajstić information content (AvgIpc) is 2.86. The fraction of sp³-hybridized carbons (Fsp3) is 0.692. The highest BCUT2D eigenvalue weighted by molar-refractivity contribution is 5.92. The van der Waals surface area contributed by atoms with Gasteiger partial charge >= 0.3 is 0 Å². The highest BCUT2D eigenvalue weighted by Crippen LogP contribution is 2.36. The Morgan fingerprint density at radius 1 is 0.909 bits per heavy atom. The van der Waals surface area contributed by atoms with Crippen LogP contribution in [0.5, 0.6) is 5.75 Å². The summed E-state index contributed by atoms with van der Waals surface area (Å²) in [5.74, 6) is 2.19. The molecule has 0 aliphatic carbocycles. The zero-order valence-corrected chi connectivity index (χ0v) is 19.4. The topological polar surface area (TPSA) is 77.1 Å². The van der Waals surface area contributed by atoms with Crippen LogP contribution in [0.1, 0.15) is 56.4 Å². The first-order valence-electron chi connectivity index (χ1n) is 12.7. The molecule has 7 nitrogen and oxygen atoms in total. The first-order valence-corrected chi connectivity index (χ1v) is 12.7. The number of fused-ring (bicyclic) bond motifs is 2. The lowest BCUT2D eigenvalue weighted by atomic mass is 9.80. The summed E-state index contributed by atoms with van der Waals surface area (Å²) < 4.78 is 17.1. The lowest BCUT2D eigenvalue weighted by Gasteiger charge is -2.40. The summed E-state index contributed by atoms with van der Waals surface area (Å²) in [6.45, 7) is 5.02. The molecule has 180 valence electrons. The fourth-order valence-electron chi connectivity index (χ4n) is 5.90. The number of likely N-dealkylation sites (tertiary alicyclic amines) is 1. The number of ether oxygens (including phenoxy) is 3. The first-order chi connectivity index (χ1) is 16.2. The molecule has 1 aromatic carbocycles. The molecule has 1 N–H and O–H groups in total. The molecule has 1 aromatic rings. The molecule has 4 heterocycles. The number of hydrogen-bond donors (Lipinski definition) is 1. The van der Waals surface area contributed by atoms with Crippen LogP contribution in [0.3, 0.4) is 0 Å². The van der Waals surface area contributed by atoms with Crippen molar-refractivity contribution in [2.24, 2.45) is 17.8 Å². The Morgan fingerprint density at radius 3 is 2.45 bits per heavy atom. The van der Waals surface area contributed by atoms with E-state index >= 15 is 0 Å². The Labute approximate surface area is 196 Å². The molecule has 0 unspecified atom stereocenters. The molecule has 0 saturated carbocycles. The van der Waals surface area contributed by atoms with Gasteiger partial charge in [-0.05, 0) is 74.0 Å². The van der Waals surface area contributed by atoms with E-state index in [1.165, 1.54) is 5.56 Å². The van der Waals surface area contributed by atoms with Gasteiger partial charge in [0.1, 0.15) is 5.75 Å². The van der Waals surface area contributed by atoms with Crippen LogP contribution in [0.25, 0.3) is 0 Å². The lowest BCUT2D eigenvalue weighted by molar-refractivity contribution is -0.141. The van der Waals surface area contributed by atoms with Crippen LogP contribution < -0.4 is 10.1 Å². The average molecular weight is 457 g/mol. The van der Waals surface area contributed by atoms with Crippen molar-refractivity contribution >= 4 is 17.5 Å². The van der Waals surface area contributed by atoms with Crippen LogP contribution in [-0.4, -0.2) is 62.8 Å². The summed E-state index contributed by atoms with van der Waals surface area (Å²) in [7, 11) is 0. The van der Waals surface area contributed by atoms with Gasteiger partial charge < -0.3 is 24.4 Å². The van der Waals surface area contributed by atoms with Crippen molar-refractivity contribution in [3.8, 4) is 5.75 Å². The van der Waals surface area contributed by atoms with Gasteiger partial charge in [-0.1, -0.05) is 6.07 Å². The summed E-state index contributed by atoms with van der Waals surface area (Å²) >= 11 is 0. The molecular formula is C26H36N2O5. The number of amides is 2. The maximum atomic E-state index is 13.0. The predicted molar refractivity (Wildman–Crippen MR) is 124 cm³/mol. The summed E-state index contributed by atoms with van der Waals surface area (Å²) in [5, 5.41) is 3.14. The van der Waals surface area contributed by atoms with Crippen LogP contribution in [0.2, 0.25) is 0 Å². The maximum Gasteiger partial charge on any atom is 0.225 e. The van der Waals surface area contributed by atoms with E-state index in [1.54, 1.807) is 0 Å². The third-order valence-electron chi connectivity index (χ3n) is 7.94. The maximum absolute atomic E-state index is 13.0. The van der Waals surface area contributed by atoms with Crippen molar-refractivity contribution in [2.45, 2.75) is 50.9 Å². The quantitative estimate of drug-likeness (QED) is 0.736. The van der Waals surface area contributed by atoms with Gasteiger partial charge in [0.25, 0.3) is 0 Å². The molecule has 5 rings (SSSR count). The van der Waals surface area contributed by atoms with E-state index in [2.05, 4.69) is 17.4 Å². The van der Waals surface area contributed by atoms with E-state index in [9.17, 15) is 9.59 Å². The Morgan fingerprint density at radius 2 is 1.67 bits per heavy atom. The van der Waals surface area contributed by atoms with E-state index in [1.807, 2.05) is 11.0 Å². The Kier molecular flexibility index (Phi) is 7.16. The molecule has 3 saturated heterocycles. The van der Waals surface area contributed by atoms with Gasteiger partial charge in [-0.3, -0.25) is 9.59 Å². The second-order valence-electron chi connectivity index (χ2n) is 10.0. The Hall–Kier alpha value is -2.12. The molecule has 0 radical (unpaired) electrons. The number of nitrogens with one attached hydrogen (secondary N) is 1. The second kappa shape index (κ2) is 10.4. The number of anilines is 1. The number of nitrogens with zero attached hydrogens (tertiary/aromatic N) is 1. The molecule has 2 atom stereocenters. The van der Waals surface area contributed by atoms with Gasteiger partial charge in [0.15, 0.2) is 0 Å². The number of hydrogen-bond acceptors (Lipinski definition) is 5. The fourth-order valence-corrected chi connectivity index (χ4v) is 5.90. The van der Waals surface area contributed by atoms with Crippen molar-refractivity contribution in [3.63, 3.8) is 0 Å². The Bertz CT molecular complexity index is 847. The number of carbonyl (C=O) groups is 2. The van der Waals surface area contributed by atoms with Gasteiger partial charge in [-0.2, -0.15) is 0 Å². The zero-order chi connectivity index (χ0) is 22.6. The third kappa shape index (κ3) is 5.35. The van der Waals surface area contributed by atoms with E-state index in [0.29, 0.717) is 32.2 Å². The minimum absolute atomic E-state index is 0.0464. The van der Waals surface area contributed by atoms with Crippen LogP contribution in [-0.2, 0) is 19.1 Å². The summed E-state index contributed by atoms with van der Waals surface area (Å²) in [4.78, 5) is 28.1. The monoisotopic (exact) mass is 456 g/mol. The summed E-state index contributed by atoms with van der Waals surface area (Å²) in [6.07, 6.45) is 5.91. The summed E-state index contributed by atoms with van der Waals surface area (Å²) in [6, 6.07) is 6.23. The van der Waals surface area contributed by atoms with Crippen molar-refractivity contribution < 1.29 is 23.8 Å². The van der Waals surface area contributed by atoms with Crippen LogP contribution in [0.15, 0.2) is 18.2 Å². The second-order valence-corrected chi connectivity index (χ2v) is 10.0. The van der Waals surface area contributed by atoms with E-state index in [0.717, 1.165) is 76.3 Å². The number of carbonyl (C=O) groups excluding carboxylic acids is 2. The van der Waals surface area contributed by atoms with E-state index in [4.69, 9.17) is 14.2 Å². The molecule has 0 aromatic heterocycles.